The first-order valence-electron chi connectivity index (χ1n) is 3.31. The summed E-state index contributed by atoms with van der Waals surface area (Å²) in [7, 11) is 0. The predicted octanol–water partition coefficient (Wildman–Crippen LogP) is -1.37. The molecule has 0 amide bonds. The molecule has 1 heterocycles. The Morgan fingerprint density at radius 3 is 3.10 bits per heavy atom. The van der Waals surface area contributed by atoms with Gasteiger partial charge in [0.05, 0.1) is 0 Å². The maximum absolute atomic E-state index is 5.53. The molecule has 1 aromatic rings. The molecule has 10 heavy (non-hydrogen) atoms. The molecule has 0 atom stereocenters. The monoisotopic (exact) mass is 247 g/mol. The number of rotatable bonds is 0. The van der Waals surface area contributed by atoms with Crippen molar-refractivity contribution >= 4 is 0 Å². The molecule has 0 fully saturated rings. The molecule has 54 valence electrons. The van der Waals surface area contributed by atoms with E-state index in [-0.39, 0.29) is 21.6 Å². The second kappa shape index (κ2) is 2.78. The third-order valence-corrected chi connectivity index (χ3v) is 3.32. The minimum atomic E-state index is 0.0257. The molecule has 0 bridgehead atoms. The van der Waals surface area contributed by atoms with Gasteiger partial charge >= 0.3 is 71.1 Å². The summed E-state index contributed by atoms with van der Waals surface area (Å²) in [6, 6.07) is 8.33. The number of hydrogen-bond donors (Lipinski definition) is 0. The summed E-state index contributed by atoms with van der Waals surface area (Å²) in [6.45, 7) is 0. The number of aryl methyl sites for hydroxylation is 1. The first-order valence-corrected chi connectivity index (χ1v) is 5.71. The maximum atomic E-state index is 5.53. The van der Waals surface area contributed by atoms with Crippen LogP contribution in [0.1, 0.15) is 5.56 Å². The van der Waals surface area contributed by atoms with Crippen LogP contribution in [0.15, 0.2) is 24.3 Å². The normalized spacial score (nSPS) is 16.4. The Labute approximate surface area is 71.2 Å². The second-order valence-electron chi connectivity index (χ2n) is 2.23. The molecule has 1 aliphatic heterocycles. The van der Waals surface area contributed by atoms with Gasteiger partial charge in [0.1, 0.15) is 0 Å². The van der Waals surface area contributed by atoms with Gasteiger partial charge in [-0.2, -0.15) is 0 Å². The average Bonchev–Trinajstić information content (AvgIpc) is 2.05. The number of para-hydroxylation sites is 1. The molecular weight excluding hydrogens is 239 g/mol. The Bertz CT molecular complexity index is 209. The Morgan fingerprint density at radius 2 is 2.20 bits per heavy atom. The molecule has 0 spiro atoms. The van der Waals surface area contributed by atoms with E-state index in [0.29, 0.717) is 0 Å². The molecule has 0 unspecified atom stereocenters. The number of fused-ring (bicyclic) bond motifs is 1. The van der Waals surface area contributed by atoms with Crippen LogP contribution >= 0.6 is 0 Å². The van der Waals surface area contributed by atoms with E-state index in [2.05, 4.69) is 18.2 Å². The van der Waals surface area contributed by atoms with Gasteiger partial charge in [0, 0.05) is 0 Å². The van der Waals surface area contributed by atoms with Gasteiger partial charge in [-0.05, 0) is 0 Å². The van der Waals surface area contributed by atoms with Crippen LogP contribution in [-0.2, 0) is 6.42 Å². The molecule has 0 aromatic heterocycles. The van der Waals surface area contributed by atoms with Crippen LogP contribution in [-0.4, -0.2) is 4.43 Å². The summed E-state index contributed by atoms with van der Waals surface area (Å²) < 4.78 is 6.81. The number of halogens is 1. The third-order valence-electron chi connectivity index (χ3n) is 1.55. The standard InChI is InChI=1S/C8H8IO/c1-2-4-8-7(3-1)5-6-9-10-8/h1-4H,5-6H2/q-1. The Balaban J connectivity index is 2.41. The van der Waals surface area contributed by atoms with Crippen molar-refractivity contribution in [1.82, 2.24) is 0 Å². The Hall–Kier alpha value is -0.250. The third kappa shape index (κ3) is 1.12. The van der Waals surface area contributed by atoms with Crippen molar-refractivity contribution in [2.75, 3.05) is 4.43 Å². The summed E-state index contributed by atoms with van der Waals surface area (Å²) in [5.41, 5.74) is 1.38. The van der Waals surface area contributed by atoms with Crippen molar-refractivity contribution in [3.8, 4) is 5.75 Å². The van der Waals surface area contributed by atoms with Crippen molar-refractivity contribution in [2.45, 2.75) is 6.42 Å². The van der Waals surface area contributed by atoms with Crippen LogP contribution in [0.5, 0.6) is 5.75 Å². The zero-order chi connectivity index (χ0) is 6.81. The predicted molar refractivity (Wildman–Crippen MR) is 35.6 cm³/mol. The summed E-state index contributed by atoms with van der Waals surface area (Å²) in [5.74, 6) is 1.13. The van der Waals surface area contributed by atoms with Gasteiger partial charge in [0.25, 0.3) is 0 Å². The van der Waals surface area contributed by atoms with E-state index in [1.54, 1.807) is 0 Å². The zero-order valence-electron chi connectivity index (χ0n) is 5.51. The fraction of sp³-hybridized carbons (Fsp3) is 0.250. The number of alkyl halides is 1. The summed E-state index contributed by atoms with van der Waals surface area (Å²) >= 11 is 0.0257. The second-order valence-corrected chi connectivity index (χ2v) is 4.37. The van der Waals surface area contributed by atoms with E-state index in [1.807, 2.05) is 6.07 Å². The van der Waals surface area contributed by atoms with Gasteiger partial charge in [0.15, 0.2) is 0 Å². The first kappa shape index (κ1) is 6.46. The van der Waals surface area contributed by atoms with Crippen LogP contribution < -0.4 is 24.7 Å². The van der Waals surface area contributed by atoms with E-state index in [9.17, 15) is 0 Å². The van der Waals surface area contributed by atoms with Crippen molar-refractivity contribution < 1.29 is 24.7 Å². The molecule has 1 aromatic carbocycles. The van der Waals surface area contributed by atoms with Crippen LogP contribution in [0.3, 0.4) is 0 Å². The molecule has 2 rings (SSSR count). The SMILES string of the molecule is c1ccc2c(c1)CC[I-]O2. The van der Waals surface area contributed by atoms with Gasteiger partial charge in [-0.3, -0.25) is 0 Å². The van der Waals surface area contributed by atoms with Crippen molar-refractivity contribution in [2.24, 2.45) is 0 Å². The molecule has 1 aliphatic rings. The fourth-order valence-corrected chi connectivity index (χ4v) is 2.81. The molecule has 0 aliphatic carbocycles. The van der Waals surface area contributed by atoms with E-state index in [1.165, 1.54) is 16.4 Å². The van der Waals surface area contributed by atoms with Crippen LogP contribution in [0.2, 0.25) is 0 Å². The summed E-state index contributed by atoms with van der Waals surface area (Å²) in [4.78, 5) is 0. The van der Waals surface area contributed by atoms with E-state index >= 15 is 0 Å². The molecule has 0 saturated heterocycles. The number of hydrogen-bond acceptors (Lipinski definition) is 1. The van der Waals surface area contributed by atoms with Crippen LogP contribution in [0.25, 0.3) is 0 Å². The zero-order valence-corrected chi connectivity index (χ0v) is 7.67. The minimum absolute atomic E-state index is 0.0257. The van der Waals surface area contributed by atoms with Gasteiger partial charge in [-0.15, -0.1) is 0 Å². The van der Waals surface area contributed by atoms with Crippen molar-refractivity contribution in [3.63, 3.8) is 0 Å². The average molecular weight is 247 g/mol. The molecule has 1 nitrogen and oxygen atoms in total. The molecule has 0 radical (unpaired) electrons. The van der Waals surface area contributed by atoms with Gasteiger partial charge in [-0.1, -0.05) is 0 Å². The van der Waals surface area contributed by atoms with Crippen molar-refractivity contribution in [3.05, 3.63) is 29.8 Å². The molecule has 2 heteroatoms. The van der Waals surface area contributed by atoms with Crippen molar-refractivity contribution in [1.29, 1.82) is 0 Å². The number of benzene rings is 1. The van der Waals surface area contributed by atoms with Gasteiger partial charge in [-0.25, -0.2) is 0 Å². The van der Waals surface area contributed by atoms with E-state index < -0.39 is 0 Å². The topological polar surface area (TPSA) is 9.23 Å². The van der Waals surface area contributed by atoms with Gasteiger partial charge < -0.3 is 0 Å². The molecule has 0 saturated carbocycles. The molecular formula is C8H8IO-. The Kier molecular flexibility index (Phi) is 1.80. The summed E-state index contributed by atoms with van der Waals surface area (Å²) in [5, 5.41) is 0. The first-order chi connectivity index (χ1) is 4.97. The summed E-state index contributed by atoms with van der Waals surface area (Å²) in [6.07, 6.45) is 1.23. The molecule has 0 N–H and O–H groups in total. The van der Waals surface area contributed by atoms with E-state index in [4.69, 9.17) is 3.07 Å². The quantitative estimate of drug-likeness (QED) is 0.406. The van der Waals surface area contributed by atoms with E-state index in [0.717, 1.165) is 5.75 Å². The fourth-order valence-electron chi connectivity index (χ4n) is 1.02. The van der Waals surface area contributed by atoms with Gasteiger partial charge in [0.2, 0.25) is 0 Å². The Morgan fingerprint density at radius 1 is 1.30 bits per heavy atom. The van der Waals surface area contributed by atoms with Crippen LogP contribution in [0, 0.1) is 0 Å². The van der Waals surface area contributed by atoms with Crippen LogP contribution in [0.4, 0.5) is 0 Å².